The van der Waals surface area contributed by atoms with Gasteiger partial charge < -0.3 is 10.1 Å². The zero-order chi connectivity index (χ0) is 14.7. The highest BCUT2D eigenvalue weighted by atomic mass is 79.9. The molecule has 1 aliphatic carbocycles. The van der Waals surface area contributed by atoms with Crippen LogP contribution in [0, 0.1) is 5.92 Å². The molecule has 0 radical (unpaired) electrons. The third-order valence-corrected chi connectivity index (χ3v) is 5.16. The Morgan fingerprint density at radius 1 is 1.38 bits per heavy atom. The summed E-state index contributed by atoms with van der Waals surface area (Å²) in [5.41, 5.74) is 0. The van der Waals surface area contributed by atoms with E-state index in [0.29, 0.717) is 12.1 Å². The number of ether oxygens (including phenoxy) is 1. The summed E-state index contributed by atoms with van der Waals surface area (Å²) >= 11 is 3.48. The van der Waals surface area contributed by atoms with Crippen LogP contribution in [0.1, 0.15) is 26.2 Å². The Hall–Kier alpha value is -0.580. The van der Waals surface area contributed by atoms with Crippen molar-refractivity contribution in [2.75, 3.05) is 26.2 Å². The van der Waals surface area contributed by atoms with Gasteiger partial charge >= 0.3 is 0 Å². The second-order valence-corrected chi connectivity index (χ2v) is 7.13. The van der Waals surface area contributed by atoms with Crippen LogP contribution >= 0.6 is 15.9 Å². The minimum atomic E-state index is 0.658. The minimum Gasteiger partial charge on any atom is -0.492 e. The number of halogens is 1. The first-order valence-electron chi connectivity index (χ1n) is 8.12. The SMILES string of the molecule is CCC1CNC(C2CC2)CN1CCOc1cccc(Br)c1. The highest BCUT2D eigenvalue weighted by Gasteiger charge is 2.36. The number of nitrogens with one attached hydrogen (secondary N) is 1. The molecule has 2 aliphatic rings. The van der Waals surface area contributed by atoms with E-state index in [1.165, 1.54) is 25.8 Å². The Labute approximate surface area is 136 Å². The smallest absolute Gasteiger partial charge is 0.120 e. The normalized spacial score (nSPS) is 26.8. The molecule has 1 N–H and O–H groups in total. The van der Waals surface area contributed by atoms with E-state index in [4.69, 9.17) is 4.74 Å². The van der Waals surface area contributed by atoms with Gasteiger partial charge in [0.2, 0.25) is 0 Å². The molecule has 3 rings (SSSR count). The van der Waals surface area contributed by atoms with E-state index < -0.39 is 0 Å². The van der Waals surface area contributed by atoms with Crippen LogP contribution in [0.5, 0.6) is 5.75 Å². The zero-order valence-corrected chi connectivity index (χ0v) is 14.3. The van der Waals surface area contributed by atoms with Crippen LogP contribution in [0.25, 0.3) is 0 Å². The molecule has 0 amide bonds. The van der Waals surface area contributed by atoms with Crippen LogP contribution in [-0.2, 0) is 0 Å². The van der Waals surface area contributed by atoms with Crippen LogP contribution in [0.2, 0.25) is 0 Å². The van der Waals surface area contributed by atoms with E-state index in [-0.39, 0.29) is 0 Å². The molecular weight excluding hydrogens is 328 g/mol. The van der Waals surface area contributed by atoms with Crippen molar-refractivity contribution in [3.8, 4) is 5.75 Å². The van der Waals surface area contributed by atoms with Crippen LogP contribution in [0.3, 0.4) is 0 Å². The van der Waals surface area contributed by atoms with E-state index in [0.717, 1.165) is 35.8 Å². The van der Waals surface area contributed by atoms with E-state index in [1.54, 1.807) is 0 Å². The first-order valence-corrected chi connectivity index (χ1v) is 8.91. The molecule has 0 bridgehead atoms. The van der Waals surface area contributed by atoms with Gasteiger partial charge in [0.25, 0.3) is 0 Å². The summed E-state index contributed by atoms with van der Waals surface area (Å²) in [6.45, 7) is 6.39. The fourth-order valence-corrected chi connectivity index (χ4v) is 3.59. The van der Waals surface area contributed by atoms with Gasteiger partial charge in [-0.25, -0.2) is 0 Å². The van der Waals surface area contributed by atoms with E-state index in [1.807, 2.05) is 24.3 Å². The molecule has 116 valence electrons. The van der Waals surface area contributed by atoms with Crippen LogP contribution in [0.15, 0.2) is 28.7 Å². The summed E-state index contributed by atoms with van der Waals surface area (Å²) in [6, 6.07) is 9.46. The quantitative estimate of drug-likeness (QED) is 0.849. The summed E-state index contributed by atoms with van der Waals surface area (Å²) in [5.74, 6) is 1.88. The second kappa shape index (κ2) is 7.12. The summed E-state index contributed by atoms with van der Waals surface area (Å²) in [7, 11) is 0. The number of piperazine rings is 1. The van der Waals surface area contributed by atoms with Crippen LogP contribution < -0.4 is 10.1 Å². The lowest BCUT2D eigenvalue weighted by Gasteiger charge is -2.40. The minimum absolute atomic E-state index is 0.658. The molecule has 2 unspecified atom stereocenters. The van der Waals surface area contributed by atoms with Gasteiger partial charge in [-0.1, -0.05) is 28.9 Å². The predicted octanol–water partition coefficient (Wildman–Crippen LogP) is 3.29. The average Bonchev–Trinajstić information content (AvgIpc) is 3.32. The summed E-state index contributed by atoms with van der Waals surface area (Å²) in [5, 5.41) is 3.74. The number of benzene rings is 1. The van der Waals surface area contributed by atoms with Crippen molar-refractivity contribution in [3.63, 3.8) is 0 Å². The van der Waals surface area contributed by atoms with Crippen molar-refractivity contribution in [2.45, 2.75) is 38.3 Å². The fourth-order valence-electron chi connectivity index (χ4n) is 3.21. The maximum Gasteiger partial charge on any atom is 0.120 e. The molecule has 4 heteroatoms. The van der Waals surface area contributed by atoms with E-state index in [2.05, 4.69) is 33.1 Å². The summed E-state index contributed by atoms with van der Waals surface area (Å²) in [4.78, 5) is 2.62. The van der Waals surface area contributed by atoms with Crippen molar-refractivity contribution in [3.05, 3.63) is 28.7 Å². The van der Waals surface area contributed by atoms with Crippen molar-refractivity contribution in [2.24, 2.45) is 5.92 Å². The number of hydrogen-bond donors (Lipinski definition) is 1. The molecule has 1 saturated heterocycles. The molecular formula is C17H25BrN2O. The fraction of sp³-hybridized carbons (Fsp3) is 0.647. The molecule has 2 fully saturated rings. The standard InChI is InChI=1S/C17H25BrN2O/c1-2-15-11-19-17(13-6-7-13)12-20(15)8-9-21-16-5-3-4-14(18)10-16/h3-5,10,13,15,17,19H,2,6-9,11-12H2,1H3. The number of hydrogen-bond acceptors (Lipinski definition) is 3. The lowest BCUT2D eigenvalue weighted by molar-refractivity contribution is 0.100. The molecule has 1 saturated carbocycles. The third-order valence-electron chi connectivity index (χ3n) is 4.67. The maximum absolute atomic E-state index is 5.90. The monoisotopic (exact) mass is 352 g/mol. The highest BCUT2D eigenvalue weighted by Crippen LogP contribution is 2.34. The molecule has 0 spiro atoms. The first-order chi connectivity index (χ1) is 10.3. The summed E-state index contributed by atoms with van der Waals surface area (Å²) < 4.78 is 6.97. The highest BCUT2D eigenvalue weighted by molar-refractivity contribution is 9.10. The Morgan fingerprint density at radius 2 is 2.24 bits per heavy atom. The Balaban J connectivity index is 1.49. The van der Waals surface area contributed by atoms with E-state index >= 15 is 0 Å². The third kappa shape index (κ3) is 4.21. The van der Waals surface area contributed by atoms with Gasteiger partial charge in [-0.15, -0.1) is 0 Å². The molecule has 1 aromatic rings. The van der Waals surface area contributed by atoms with Gasteiger partial charge in [-0.2, -0.15) is 0 Å². The number of rotatable bonds is 6. The van der Waals surface area contributed by atoms with E-state index in [9.17, 15) is 0 Å². The second-order valence-electron chi connectivity index (χ2n) is 6.22. The van der Waals surface area contributed by atoms with Gasteiger partial charge in [0.15, 0.2) is 0 Å². The van der Waals surface area contributed by atoms with Gasteiger partial charge in [0.05, 0.1) is 0 Å². The Kier molecular flexibility index (Phi) is 5.19. The molecule has 1 heterocycles. The van der Waals surface area contributed by atoms with Crippen LogP contribution in [-0.4, -0.2) is 43.2 Å². The molecule has 1 aliphatic heterocycles. The van der Waals surface area contributed by atoms with Crippen molar-refractivity contribution >= 4 is 15.9 Å². The van der Waals surface area contributed by atoms with Crippen molar-refractivity contribution in [1.82, 2.24) is 10.2 Å². The Morgan fingerprint density at radius 3 is 2.95 bits per heavy atom. The zero-order valence-electron chi connectivity index (χ0n) is 12.7. The van der Waals surface area contributed by atoms with Gasteiger partial charge in [0, 0.05) is 36.2 Å². The van der Waals surface area contributed by atoms with Gasteiger partial charge in [-0.05, 0) is 43.4 Å². The summed E-state index contributed by atoms with van der Waals surface area (Å²) in [6.07, 6.45) is 4.04. The lowest BCUT2D eigenvalue weighted by Crippen LogP contribution is -2.57. The van der Waals surface area contributed by atoms with Crippen LogP contribution in [0.4, 0.5) is 0 Å². The van der Waals surface area contributed by atoms with Gasteiger partial charge in [-0.3, -0.25) is 4.90 Å². The molecule has 0 aromatic heterocycles. The van der Waals surface area contributed by atoms with Crippen molar-refractivity contribution < 1.29 is 4.74 Å². The number of nitrogens with zero attached hydrogens (tertiary/aromatic N) is 1. The molecule has 2 atom stereocenters. The molecule has 3 nitrogen and oxygen atoms in total. The maximum atomic E-state index is 5.90. The predicted molar refractivity (Wildman–Crippen MR) is 89.8 cm³/mol. The van der Waals surface area contributed by atoms with Crippen molar-refractivity contribution in [1.29, 1.82) is 0 Å². The Bertz CT molecular complexity index is 464. The first kappa shape index (κ1) is 15.3. The van der Waals surface area contributed by atoms with Gasteiger partial charge in [0.1, 0.15) is 12.4 Å². The molecule has 21 heavy (non-hydrogen) atoms. The average molecular weight is 353 g/mol. The topological polar surface area (TPSA) is 24.5 Å². The molecule has 1 aromatic carbocycles. The largest absolute Gasteiger partial charge is 0.492 e. The lowest BCUT2D eigenvalue weighted by atomic mass is 10.0.